The molecule has 1 aromatic rings. The van der Waals surface area contributed by atoms with E-state index in [-0.39, 0.29) is 6.09 Å². The number of likely N-dealkylation sites (tertiary alicyclic amines) is 1. The SMILES string of the molecule is CC(C)(C)OC(=O)N1CCC(CCC2CC23CCc2c(Cl)cccc23)CC1. The van der Waals surface area contributed by atoms with Gasteiger partial charge in [0.05, 0.1) is 0 Å². The van der Waals surface area contributed by atoms with Crippen LogP contribution in [0, 0.1) is 11.8 Å². The molecule has 1 heterocycles. The third kappa shape index (κ3) is 3.85. The van der Waals surface area contributed by atoms with Crippen LogP contribution in [0.25, 0.3) is 0 Å². The summed E-state index contributed by atoms with van der Waals surface area (Å²) in [5, 5.41) is 0.963. The lowest BCUT2D eigenvalue weighted by Gasteiger charge is -2.33. The number of fused-ring (bicyclic) bond motifs is 2. The second kappa shape index (κ2) is 6.99. The fourth-order valence-corrected chi connectivity index (χ4v) is 5.59. The summed E-state index contributed by atoms with van der Waals surface area (Å²) in [4.78, 5) is 14.1. The van der Waals surface area contributed by atoms with Crippen molar-refractivity contribution >= 4 is 17.7 Å². The van der Waals surface area contributed by atoms with Crippen LogP contribution in [0.1, 0.15) is 70.4 Å². The summed E-state index contributed by atoms with van der Waals surface area (Å²) in [5.41, 5.74) is 2.98. The topological polar surface area (TPSA) is 29.5 Å². The van der Waals surface area contributed by atoms with E-state index < -0.39 is 5.60 Å². The van der Waals surface area contributed by atoms with Crippen molar-refractivity contribution in [3.63, 3.8) is 0 Å². The Balaban J connectivity index is 1.25. The normalized spacial score (nSPS) is 27.7. The van der Waals surface area contributed by atoms with Crippen molar-refractivity contribution in [1.82, 2.24) is 4.90 Å². The van der Waals surface area contributed by atoms with E-state index in [4.69, 9.17) is 16.3 Å². The maximum atomic E-state index is 12.2. The van der Waals surface area contributed by atoms with Gasteiger partial charge in [-0.05, 0) is 93.7 Å². The van der Waals surface area contributed by atoms with Gasteiger partial charge in [0.15, 0.2) is 0 Å². The zero-order valence-electron chi connectivity index (χ0n) is 16.9. The molecule has 0 bridgehead atoms. The summed E-state index contributed by atoms with van der Waals surface area (Å²) >= 11 is 6.41. The molecule has 1 amide bonds. The van der Waals surface area contributed by atoms with Crippen molar-refractivity contribution in [2.24, 2.45) is 11.8 Å². The molecule has 1 saturated heterocycles. The van der Waals surface area contributed by atoms with Crippen molar-refractivity contribution in [2.45, 2.75) is 76.7 Å². The molecule has 3 aliphatic rings. The van der Waals surface area contributed by atoms with Crippen LogP contribution in [-0.4, -0.2) is 29.7 Å². The highest BCUT2D eigenvalue weighted by molar-refractivity contribution is 6.31. The summed E-state index contributed by atoms with van der Waals surface area (Å²) in [6.45, 7) is 7.47. The number of hydrogen-bond donors (Lipinski definition) is 0. The Morgan fingerprint density at radius 1 is 1.26 bits per heavy atom. The summed E-state index contributed by atoms with van der Waals surface area (Å²) < 4.78 is 5.50. The maximum Gasteiger partial charge on any atom is 0.410 e. The average molecular weight is 390 g/mol. The van der Waals surface area contributed by atoms with Crippen molar-refractivity contribution in [1.29, 1.82) is 0 Å². The molecule has 1 spiro atoms. The molecule has 2 fully saturated rings. The van der Waals surface area contributed by atoms with Gasteiger partial charge in [0.1, 0.15) is 5.60 Å². The van der Waals surface area contributed by atoms with Gasteiger partial charge in [0.25, 0.3) is 0 Å². The number of ether oxygens (including phenoxy) is 1. The molecule has 148 valence electrons. The number of halogens is 1. The van der Waals surface area contributed by atoms with E-state index in [0.29, 0.717) is 5.41 Å². The van der Waals surface area contributed by atoms with Gasteiger partial charge in [0, 0.05) is 18.1 Å². The van der Waals surface area contributed by atoms with Gasteiger partial charge < -0.3 is 9.64 Å². The first-order valence-corrected chi connectivity index (χ1v) is 10.9. The van der Waals surface area contributed by atoms with Gasteiger partial charge in [-0.25, -0.2) is 4.79 Å². The van der Waals surface area contributed by atoms with E-state index in [9.17, 15) is 4.79 Å². The molecule has 3 nitrogen and oxygen atoms in total. The molecule has 2 unspecified atom stereocenters. The molecule has 27 heavy (non-hydrogen) atoms. The Morgan fingerprint density at radius 3 is 2.70 bits per heavy atom. The number of nitrogens with zero attached hydrogens (tertiary/aromatic N) is 1. The minimum atomic E-state index is -0.408. The first-order valence-electron chi connectivity index (χ1n) is 10.5. The number of rotatable bonds is 3. The first-order chi connectivity index (χ1) is 12.8. The molecule has 4 heteroatoms. The van der Waals surface area contributed by atoms with Crippen LogP contribution in [-0.2, 0) is 16.6 Å². The number of benzene rings is 1. The Hall–Kier alpha value is -1.22. The van der Waals surface area contributed by atoms with Gasteiger partial charge in [-0.3, -0.25) is 0 Å². The Labute approximate surface area is 168 Å². The Kier molecular flexibility index (Phi) is 4.95. The van der Waals surface area contributed by atoms with Crippen LogP contribution in [0.3, 0.4) is 0 Å². The van der Waals surface area contributed by atoms with Crippen LogP contribution in [0.4, 0.5) is 4.79 Å². The highest BCUT2D eigenvalue weighted by Gasteiger charge is 2.57. The molecule has 2 aliphatic carbocycles. The van der Waals surface area contributed by atoms with Crippen molar-refractivity contribution in [3.05, 3.63) is 34.3 Å². The average Bonchev–Trinajstić information content (AvgIpc) is 3.18. The fraction of sp³-hybridized carbons (Fsp3) is 0.696. The summed E-state index contributed by atoms with van der Waals surface area (Å²) in [6.07, 6.45) is 8.47. The van der Waals surface area contributed by atoms with Gasteiger partial charge in [-0.1, -0.05) is 30.2 Å². The minimum absolute atomic E-state index is 0.151. The number of hydrogen-bond acceptors (Lipinski definition) is 2. The number of carbonyl (C=O) groups is 1. The third-order valence-electron chi connectivity index (χ3n) is 6.90. The van der Waals surface area contributed by atoms with Crippen molar-refractivity contribution in [2.75, 3.05) is 13.1 Å². The molecule has 1 saturated carbocycles. The van der Waals surface area contributed by atoms with Crippen molar-refractivity contribution in [3.8, 4) is 0 Å². The zero-order valence-corrected chi connectivity index (χ0v) is 17.6. The molecule has 2 atom stereocenters. The molecule has 1 aromatic carbocycles. The van der Waals surface area contributed by atoms with E-state index in [1.165, 1.54) is 31.2 Å². The quantitative estimate of drug-likeness (QED) is 0.637. The number of piperidine rings is 1. The molecule has 1 aliphatic heterocycles. The number of amides is 1. The Morgan fingerprint density at radius 2 is 2.00 bits per heavy atom. The van der Waals surface area contributed by atoms with Crippen molar-refractivity contribution < 1.29 is 9.53 Å². The van der Waals surface area contributed by atoms with Gasteiger partial charge in [-0.15, -0.1) is 0 Å². The van der Waals surface area contributed by atoms with Crippen LogP contribution < -0.4 is 0 Å². The third-order valence-corrected chi connectivity index (χ3v) is 7.25. The highest BCUT2D eigenvalue weighted by Crippen LogP contribution is 2.64. The van der Waals surface area contributed by atoms with E-state index in [0.717, 1.165) is 49.2 Å². The van der Waals surface area contributed by atoms with E-state index in [2.05, 4.69) is 12.1 Å². The largest absolute Gasteiger partial charge is 0.444 e. The molecular formula is C23H32ClNO2. The van der Waals surface area contributed by atoms with Gasteiger partial charge in [-0.2, -0.15) is 0 Å². The van der Waals surface area contributed by atoms with Crippen LogP contribution in [0.5, 0.6) is 0 Å². The van der Waals surface area contributed by atoms with E-state index in [1.54, 1.807) is 5.56 Å². The van der Waals surface area contributed by atoms with Crippen LogP contribution in [0.15, 0.2) is 18.2 Å². The maximum absolute atomic E-state index is 12.2. The smallest absolute Gasteiger partial charge is 0.410 e. The van der Waals surface area contributed by atoms with E-state index >= 15 is 0 Å². The number of carbonyl (C=O) groups excluding carboxylic acids is 1. The zero-order chi connectivity index (χ0) is 19.2. The second-order valence-electron chi connectivity index (χ2n) is 9.81. The molecule has 4 rings (SSSR count). The summed E-state index contributed by atoms with van der Waals surface area (Å²) in [7, 11) is 0. The van der Waals surface area contributed by atoms with E-state index in [1.807, 2.05) is 31.7 Å². The summed E-state index contributed by atoms with van der Waals surface area (Å²) in [5.74, 6) is 1.59. The van der Waals surface area contributed by atoms with Gasteiger partial charge >= 0.3 is 6.09 Å². The first kappa shape index (κ1) is 19.1. The lowest BCUT2D eigenvalue weighted by Crippen LogP contribution is -2.41. The predicted octanol–water partition coefficient (Wildman–Crippen LogP) is 5.97. The summed E-state index contributed by atoms with van der Waals surface area (Å²) in [6, 6.07) is 6.47. The molecule has 0 N–H and O–H groups in total. The van der Waals surface area contributed by atoms with Gasteiger partial charge in [0.2, 0.25) is 0 Å². The molecule has 0 aromatic heterocycles. The predicted molar refractivity (Wildman–Crippen MR) is 109 cm³/mol. The second-order valence-corrected chi connectivity index (χ2v) is 10.2. The molecular weight excluding hydrogens is 358 g/mol. The standard InChI is InChI=1S/C23H32ClNO2/c1-22(2,3)27-21(26)25-13-10-16(11-14-25)7-8-17-15-23(17)12-9-18-19(23)5-4-6-20(18)24/h4-6,16-17H,7-15H2,1-3H3. The highest BCUT2D eigenvalue weighted by atomic mass is 35.5. The van der Waals surface area contributed by atoms with Crippen LogP contribution >= 0.6 is 11.6 Å². The minimum Gasteiger partial charge on any atom is -0.444 e. The molecule has 0 radical (unpaired) electrons. The Bertz CT molecular complexity index is 718. The monoisotopic (exact) mass is 389 g/mol. The lowest BCUT2D eigenvalue weighted by atomic mass is 9.88. The van der Waals surface area contributed by atoms with Crippen LogP contribution in [0.2, 0.25) is 5.02 Å². The fourth-order valence-electron chi connectivity index (χ4n) is 5.32. The lowest BCUT2D eigenvalue weighted by molar-refractivity contribution is 0.0180.